The molecule has 0 aliphatic rings. The van der Waals surface area contributed by atoms with E-state index in [1.54, 1.807) is 0 Å². The zero-order valence-corrected chi connectivity index (χ0v) is 19.2. The normalized spacial score (nSPS) is 13.3. The summed E-state index contributed by atoms with van der Waals surface area (Å²) in [5.41, 5.74) is 5.34. The molecule has 0 radical (unpaired) electrons. The van der Waals surface area contributed by atoms with E-state index in [0.29, 0.717) is 0 Å². The van der Waals surface area contributed by atoms with Crippen LogP contribution in [0.15, 0.2) is 112 Å². The number of anilines is 1. The van der Waals surface area contributed by atoms with Crippen molar-refractivity contribution in [1.82, 2.24) is 0 Å². The van der Waals surface area contributed by atoms with E-state index in [1.165, 1.54) is 11.1 Å². The van der Waals surface area contributed by atoms with Crippen LogP contribution in [0, 0.1) is 0 Å². The molecule has 4 aromatic carbocycles. The van der Waals surface area contributed by atoms with Crippen LogP contribution in [-0.2, 0) is 0 Å². The van der Waals surface area contributed by atoms with E-state index in [1.807, 2.05) is 18.2 Å². The van der Waals surface area contributed by atoms with Gasteiger partial charge in [0.05, 0.1) is 17.8 Å². The van der Waals surface area contributed by atoms with Crippen LogP contribution >= 0.6 is 8.67 Å². The summed E-state index contributed by atoms with van der Waals surface area (Å²) in [6.07, 6.45) is 0. The highest BCUT2D eigenvalue weighted by Gasteiger charge is 2.26. The zero-order chi connectivity index (χ0) is 21.9. The van der Waals surface area contributed by atoms with Gasteiger partial charge in [-0.25, -0.2) is 0 Å². The largest absolute Gasteiger partial charge is 0.421 e. The first-order valence-electron chi connectivity index (χ1n) is 10.9. The van der Waals surface area contributed by atoms with E-state index in [0.717, 1.165) is 27.6 Å². The van der Waals surface area contributed by atoms with Crippen molar-refractivity contribution in [1.29, 1.82) is 0 Å². The molecule has 1 unspecified atom stereocenters. The number of benzene rings is 4. The zero-order valence-electron chi connectivity index (χ0n) is 18.2. The second-order valence-electron chi connectivity index (χ2n) is 8.02. The Hall–Kier alpha value is -3.42. The lowest BCUT2D eigenvalue weighted by molar-refractivity contribution is 0.582. The molecule has 5 aromatic rings. The van der Waals surface area contributed by atoms with Gasteiger partial charge < -0.3 is 13.3 Å². The molecule has 0 saturated heterocycles. The van der Waals surface area contributed by atoms with Crippen LogP contribution in [0.3, 0.4) is 0 Å². The van der Waals surface area contributed by atoms with Gasteiger partial charge in [-0.1, -0.05) is 91.0 Å². The van der Waals surface area contributed by atoms with Gasteiger partial charge in [0.25, 0.3) is 0 Å². The number of fused-ring (bicyclic) bond motifs is 3. The molecule has 0 aliphatic heterocycles. The second kappa shape index (κ2) is 8.98. The van der Waals surface area contributed by atoms with E-state index in [-0.39, 0.29) is 20.8 Å². The minimum absolute atomic E-state index is 0.0886. The average Bonchev–Trinajstić information content (AvgIpc) is 3.05. The molecule has 0 fully saturated rings. The van der Waals surface area contributed by atoms with E-state index in [4.69, 9.17) is 8.39 Å². The Morgan fingerprint density at radius 1 is 0.594 bits per heavy atom. The molecule has 5 rings (SSSR count). The lowest BCUT2D eigenvalue weighted by atomic mass is 9.99. The fourth-order valence-corrected chi connectivity index (χ4v) is 5.08. The van der Waals surface area contributed by atoms with Crippen molar-refractivity contribution in [2.75, 3.05) is 4.90 Å². The predicted octanol–water partition coefficient (Wildman–Crippen LogP) is 8.66. The van der Waals surface area contributed by atoms with Gasteiger partial charge in [0.15, 0.2) is 5.58 Å². The highest BCUT2D eigenvalue weighted by Crippen LogP contribution is 2.41. The summed E-state index contributed by atoms with van der Waals surface area (Å²) >= 11 is 0. The summed E-state index contributed by atoms with van der Waals surface area (Å²) in [7, 11) is -0.0886. The van der Waals surface area contributed by atoms with Crippen molar-refractivity contribution in [2.45, 2.75) is 25.9 Å². The van der Waals surface area contributed by atoms with Crippen LogP contribution in [0.1, 0.15) is 37.1 Å². The van der Waals surface area contributed by atoms with Crippen LogP contribution in [0.4, 0.5) is 5.69 Å². The third-order valence-electron chi connectivity index (χ3n) is 6.14. The van der Waals surface area contributed by atoms with Crippen LogP contribution in [0.2, 0.25) is 0 Å². The molecule has 0 spiro atoms. The van der Waals surface area contributed by atoms with E-state index in [9.17, 15) is 0 Å². The smallest absolute Gasteiger partial charge is 0.201 e. The van der Waals surface area contributed by atoms with E-state index < -0.39 is 0 Å². The standard InChI is InChI=1S/C28H26NO2P/c1-20(22-12-5-3-6-13-22)29(21(2)23-14-7-4-8-15-23)26-18-11-17-25-24-16-9-10-19-27(24)30-32-31-28(25)26/h3-21,32H,1-2H3/t20-,21-/m0/s1. The topological polar surface area (TPSA) is 29.5 Å². The van der Waals surface area contributed by atoms with Crippen molar-refractivity contribution in [3.63, 3.8) is 0 Å². The number of hydrogen-bond donors (Lipinski definition) is 0. The summed E-state index contributed by atoms with van der Waals surface area (Å²) in [6, 6.07) is 36.1. The first-order chi connectivity index (χ1) is 15.7. The number of rotatable bonds is 5. The summed E-state index contributed by atoms with van der Waals surface area (Å²) in [5, 5.41) is 2.13. The quantitative estimate of drug-likeness (QED) is 0.274. The molecule has 3 atom stereocenters. The highest BCUT2D eigenvalue weighted by atomic mass is 31.1. The molecule has 1 heterocycles. The Morgan fingerprint density at radius 3 is 1.81 bits per heavy atom. The van der Waals surface area contributed by atoms with Crippen LogP contribution < -0.4 is 4.90 Å². The number of hydrogen-bond acceptors (Lipinski definition) is 3. The van der Waals surface area contributed by atoms with Crippen molar-refractivity contribution in [3.05, 3.63) is 114 Å². The Labute approximate surface area is 189 Å². The van der Waals surface area contributed by atoms with Gasteiger partial charge in [0.2, 0.25) is 8.67 Å². The average molecular weight is 439 g/mol. The molecule has 0 N–H and O–H groups in total. The molecule has 160 valence electrons. The SMILES string of the molecule is C[C@@H](c1ccccc1)N(c1cccc2c1o[pH]oc1ccccc12)[C@@H](C)c1ccccc1. The van der Waals surface area contributed by atoms with Crippen molar-refractivity contribution in [3.8, 4) is 0 Å². The lowest BCUT2D eigenvalue weighted by Gasteiger charge is -2.37. The third-order valence-corrected chi connectivity index (χ3v) is 6.73. The van der Waals surface area contributed by atoms with E-state index in [2.05, 4.69) is 104 Å². The molecule has 32 heavy (non-hydrogen) atoms. The van der Waals surface area contributed by atoms with Crippen molar-refractivity contribution >= 4 is 36.3 Å². The Balaban J connectivity index is 1.76. The molecule has 0 bridgehead atoms. The van der Waals surface area contributed by atoms with Crippen molar-refractivity contribution in [2.24, 2.45) is 0 Å². The summed E-state index contributed by atoms with van der Waals surface area (Å²) in [6.45, 7) is 4.52. The number of nitrogens with zero attached hydrogens (tertiary/aromatic N) is 1. The highest BCUT2D eigenvalue weighted by molar-refractivity contribution is 7.15. The van der Waals surface area contributed by atoms with Gasteiger partial charge in [-0.05, 0) is 37.1 Å². The van der Waals surface area contributed by atoms with Crippen molar-refractivity contribution < 1.29 is 8.39 Å². The van der Waals surface area contributed by atoms with Crippen LogP contribution in [0.25, 0.3) is 21.9 Å². The maximum absolute atomic E-state index is 6.28. The maximum Gasteiger partial charge on any atom is 0.201 e. The first kappa shape index (κ1) is 20.5. The van der Waals surface area contributed by atoms with Crippen LogP contribution in [0.5, 0.6) is 0 Å². The molecule has 0 saturated carbocycles. The Kier molecular flexibility index (Phi) is 5.75. The van der Waals surface area contributed by atoms with Gasteiger partial charge in [0.1, 0.15) is 5.58 Å². The van der Waals surface area contributed by atoms with Gasteiger partial charge in [-0.2, -0.15) is 0 Å². The maximum atomic E-state index is 6.28. The summed E-state index contributed by atoms with van der Waals surface area (Å²) in [5.74, 6) is 0. The lowest BCUT2D eigenvalue weighted by Crippen LogP contribution is -2.30. The first-order valence-corrected chi connectivity index (χ1v) is 11.7. The minimum Gasteiger partial charge on any atom is -0.421 e. The van der Waals surface area contributed by atoms with Gasteiger partial charge in [0, 0.05) is 10.8 Å². The molecule has 3 nitrogen and oxygen atoms in total. The summed E-state index contributed by atoms with van der Waals surface area (Å²) in [4.78, 5) is 2.46. The Morgan fingerprint density at radius 2 is 1.16 bits per heavy atom. The monoisotopic (exact) mass is 439 g/mol. The molecular formula is C28H26NO2P. The Bertz CT molecular complexity index is 1320. The molecule has 1 aromatic heterocycles. The number of para-hydroxylation sites is 2. The molecule has 4 heteroatoms. The third kappa shape index (κ3) is 3.81. The fraction of sp³-hybridized carbons (Fsp3) is 0.143. The van der Waals surface area contributed by atoms with Gasteiger partial charge in [-0.3, -0.25) is 0 Å². The minimum atomic E-state index is -0.0886. The van der Waals surface area contributed by atoms with E-state index >= 15 is 0 Å². The fourth-order valence-electron chi connectivity index (χ4n) is 4.47. The van der Waals surface area contributed by atoms with Gasteiger partial charge >= 0.3 is 0 Å². The molecular weight excluding hydrogens is 413 g/mol. The molecule has 0 amide bonds. The van der Waals surface area contributed by atoms with Gasteiger partial charge in [-0.15, -0.1) is 0 Å². The predicted molar refractivity (Wildman–Crippen MR) is 135 cm³/mol. The molecule has 0 aliphatic carbocycles. The summed E-state index contributed by atoms with van der Waals surface area (Å²) < 4.78 is 12.2. The second-order valence-corrected chi connectivity index (χ2v) is 8.59. The van der Waals surface area contributed by atoms with Crippen LogP contribution in [-0.4, -0.2) is 0 Å².